The summed E-state index contributed by atoms with van der Waals surface area (Å²) in [5.41, 5.74) is 3.75. The quantitative estimate of drug-likeness (QED) is 0.236. The van der Waals surface area contributed by atoms with E-state index in [-0.39, 0.29) is 21.7 Å². The topological polar surface area (TPSA) is 0 Å². The first-order chi connectivity index (χ1) is 11.9. The summed E-state index contributed by atoms with van der Waals surface area (Å²) < 4.78 is 0. The molecule has 0 saturated carbocycles. The van der Waals surface area contributed by atoms with Crippen molar-refractivity contribution in [3.8, 4) is 0 Å². The van der Waals surface area contributed by atoms with Gasteiger partial charge in [-0.15, -0.1) is 0 Å². The molecule has 120 valence electrons. The molecule has 0 saturated heterocycles. The fourth-order valence-corrected chi connectivity index (χ4v) is 2.64. The van der Waals surface area contributed by atoms with E-state index in [1.165, 1.54) is 22.6 Å². The average Bonchev–Trinajstić information content (AvgIpc) is 3.25. The number of benzene rings is 3. The Labute approximate surface area is 165 Å². The first-order valence-electron chi connectivity index (χ1n) is 8.15. The summed E-state index contributed by atoms with van der Waals surface area (Å²) in [4.78, 5) is 0. The van der Waals surface area contributed by atoms with E-state index >= 15 is 0 Å². The monoisotopic (exact) mass is 356 g/mol. The van der Waals surface area contributed by atoms with Gasteiger partial charge in [0.25, 0.3) is 0 Å². The van der Waals surface area contributed by atoms with Gasteiger partial charge in [-0.05, 0) is 0 Å². The molecular weight excluding hydrogens is 336 g/mol. The molecule has 1 heteroatoms. The van der Waals surface area contributed by atoms with Gasteiger partial charge in [-0.25, -0.2) is 12.1 Å². The van der Waals surface area contributed by atoms with Crippen molar-refractivity contribution in [1.82, 2.24) is 0 Å². The Kier molecular flexibility index (Phi) is 7.92. The molecule has 0 aromatic heterocycles. The third-order valence-corrected chi connectivity index (χ3v) is 3.74. The summed E-state index contributed by atoms with van der Waals surface area (Å²) in [5.74, 6) is 1.28. The molecule has 4 rings (SSSR count). The number of hydrogen-bond acceptors (Lipinski definition) is 0. The Bertz CT molecular complexity index is 680. The van der Waals surface area contributed by atoms with E-state index in [0.29, 0.717) is 0 Å². The third kappa shape index (κ3) is 5.57. The van der Waals surface area contributed by atoms with E-state index in [0.717, 1.165) is 0 Å². The molecule has 4 aromatic carbocycles. The zero-order chi connectivity index (χ0) is 16.5. The van der Waals surface area contributed by atoms with E-state index in [2.05, 4.69) is 91.0 Å². The molecule has 0 heterocycles. The molecule has 0 radical (unpaired) electrons. The summed E-state index contributed by atoms with van der Waals surface area (Å²) >= 11 is 0. The van der Waals surface area contributed by atoms with Crippen LogP contribution < -0.4 is 0 Å². The van der Waals surface area contributed by atoms with Crippen molar-refractivity contribution in [2.75, 3.05) is 0 Å². The zero-order valence-electron chi connectivity index (χ0n) is 14.0. The molecule has 25 heavy (non-hydrogen) atoms. The van der Waals surface area contributed by atoms with Gasteiger partial charge in [0.1, 0.15) is 0 Å². The van der Waals surface area contributed by atoms with Crippen molar-refractivity contribution >= 4 is 0 Å². The van der Waals surface area contributed by atoms with Gasteiger partial charge in [-0.1, -0.05) is 114 Å². The van der Waals surface area contributed by atoms with Crippen molar-refractivity contribution in [3.63, 3.8) is 0 Å². The van der Waals surface area contributed by atoms with Gasteiger partial charge in [-0.3, -0.25) is 0 Å². The normalized spacial score (nSPS) is 9.28. The fraction of sp³-hybridized carbons (Fsp3) is 0. The van der Waals surface area contributed by atoms with Crippen molar-refractivity contribution in [3.05, 3.63) is 144 Å². The first-order valence-corrected chi connectivity index (χ1v) is 8.15. The molecule has 0 N–H and O–H groups in total. The van der Waals surface area contributed by atoms with Gasteiger partial charge < -0.3 is 0 Å². The van der Waals surface area contributed by atoms with Gasteiger partial charge in [-0.2, -0.15) is 18.2 Å². The molecule has 0 aliphatic heterocycles. The average molecular weight is 356 g/mol. The molecule has 4 aromatic rings. The Hall–Kier alpha value is -2.41. The van der Waals surface area contributed by atoms with Crippen LogP contribution in [0.2, 0.25) is 0 Å². The second kappa shape index (κ2) is 10.5. The smallest absolute Gasteiger partial charge is 0.214 e. The van der Waals surface area contributed by atoms with E-state index in [1.807, 2.05) is 30.3 Å². The van der Waals surface area contributed by atoms with Crippen molar-refractivity contribution in [1.29, 1.82) is 0 Å². The minimum atomic E-state index is 0. The molecule has 0 aliphatic rings. The predicted octanol–water partition coefficient (Wildman–Crippen LogP) is 6.11. The predicted molar refractivity (Wildman–Crippen MR) is 102 cm³/mol. The zero-order valence-corrected chi connectivity index (χ0v) is 15.6. The van der Waals surface area contributed by atoms with E-state index in [1.54, 1.807) is 0 Å². The largest absolute Gasteiger partial charge is 2.00 e. The molecule has 0 amide bonds. The van der Waals surface area contributed by atoms with Gasteiger partial charge >= 0.3 is 21.7 Å². The molecule has 0 aliphatic carbocycles. The molecule has 0 unspecified atom stereocenters. The van der Waals surface area contributed by atoms with Crippen LogP contribution in [0.3, 0.4) is 0 Å². The standard InChI is InChI=1S/C19H15.C5H5.Ti/c1-4-10-16(11-5-1)19(17-12-6-2-7-13-17)18-14-8-3-9-15-18;1-2-4-5-3-1;/h1-15H;1-5H;/q2*-1;+2. The summed E-state index contributed by atoms with van der Waals surface area (Å²) in [5, 5.41) is 0. The van der Waals surface area contributed by atoms with Crippen molar-refractivity contribution < 1.29 is 21.7 Å². The van der Waals surface area contributed by atoms with Crippen LogP contribution in [0.5, 0.6) is 0 Å². The Morgan fingerprint density at radius 1 is 0.440 bits per heavy atom. The Morgan fingerprint density at radius 3 is 1.00 bits per heavy atom. The first kappa shape index (κ1) is 18.9. The molecule has 0 fully saturated rings. The van der Waals surface area contributed by atoms with Crippen LogP contribution in [0.1, 0.15) is 16.7 Å². The van der Waals surface area contributed by atoms with Crippen molar-refractivity contribution in [2.24, 2.45) is 0 Å². The summed E-state index contributed by atoms with van der Waals surface area (Å²) in [6.07, 6.45) is 0. The number of hydrogen-bond donors (Lipinski definition) is 0. The van der Waals surface area contributed by atoms with Crippen LogP contribution in [-0.4, -0.2) is 0 Å². The van der Waals surface area contributed by atoms with E-state index in [9.17, 15) is 0 Å². The van der Waals surface area contributed by atoms with Crippen LogP contribution in [0.25, 0.3) is 0 Å². The maximum Gasteiger partial charge on any atom is 2.00 e. The molecule has 0 bridgehead atoms. The minimum Gasteiger partial charge on any atom is -0.214 e. The summed E-state index contributed by atoms with van der Waals surface area (Å²) in [7, 11) is 0. The maximum absolute atomic E-state index is 2.16. The van der Waals surface area contributed by atoms with Crippen molar-refractivity contribution in [2.45, 2.75) is 0 Å². The second-order valence-electron chi connectivity index (χ2n) is 5.44. The maximum atomic E-state index is 2.16. The Balaban J connectivity index is 0.000000325. The number of rotatable bonds is 3. The van der Waals surface area contributed by atoms with Crippen LogP contribution >= 0.6 is 0 Å². The second-order valence-corrected chi connectivity index (χ2v) is 5.44. The van der Waals surface area contributed by atoms with Gasteiger partial charge in [0, 0.05) is 0 Å². The minimum absolute atomic E-state index is 0. The molecule has 0 nitrogen and oxygen atoms in total. The molecule has 0 atom stereocenters. The van der Waals surface area contributed by atoms with Crippen LogP contribution in [0.4, 0.5) is 0 Å². The van der Waals surface area contributed by atoms with Crippen LogP contribution in [-0.2, 0) is 21.7 Å². The Morgan fingerprint density at radius 2 is 0.760 bits per heavy atom. The fourth-order valence-electron chi connectivity index (χ4n) is 2.64. The van der Waals surface area contributed by atoms with Crippen LogP contribution in [0, 0.1) is 5.92 Å². The van der Waals surface area contributed by atoms with E-state index < -0.39 is 0 Å². The molecule has 0 spiro atoms. The van der Waals surface area contributed by atoms with Gasteiger partial charge in [0.2, 0.25) is 0 Å². The van der Waals surface area contributed by atoms with E-state index in [4.69, 9.17) is 0 Å². The van der Waals surface area contributed by atoms with Gasteiger partial charge in [0.15, 0.2) is 0 Å². The van der Waals surface area contributed by atoms with Gasteiger partial charge in [0.05, 0.1) is 0 Å². The summed E-state index contributed by atoms with van der Waals surface area (Å²) in [6, 6.07) is 41.6. The molecular formula is C24H20Ti. The van der Waals surface area contributed by atoms with Crippen LogP contribution in [0.15, 0.2) is 121 Å². The SMILES string of the molecule is [Ti+2].c1cc[cH-]c1.c1ccc([C-](c2ccccc2)c2ccccc2)cc1. The third-order valence-electron chi connectivity index (χ3n) is 3.74. The summed E-state index contributed by atoms with van der Waals surface area (Å²) in [6.45, 7) is 0.